The Bertz CT molecular complexity index is 1130. The lowest BCUT2D eigenvalue weighted by Gasteiger charge is -2.28. The molecule has 1 atom stereocenters. The SMILES string of the molecule is CCOC(=O)C1=C(c2ccccc2)OC(N)=C(C#N)[C@@H]1c1cc(OC)c2c(c1)OCO2. The molecule has 0 saturated carbocycles. The fourth-order valence-electron chi connectivity index (χ4n) is 3.63. The number of nitrogens with zero attached hydrogens (tertiary/aromatic N) is 1. The molecule has 8 nitrogen and oxygen atoms in total. The van der Waals surface area contributed by atoms with Gasteiger partial charge in [0.25, 0.3) is 0 Å². The number of fused-ring (bicyclic) bond motifs is 1. The van der Waals surface area contributed by atoms with E-state index in [1.165, 1.54) is 7.11 Å². The third kappa shape index (κ3) is 3.51. The largest absolute Gasteiger partial charge is 0.493 e. The minimum absolute atomic E-state index is 0.0435. The number of allylic oxidation sites excluding steroid dienone is 1. The fourth-order valence-corrected chi connectivity index (χ4v) is 3.63. The van der Waals surface area contributed by atoms with Gasteiger partial charge in [-0.15, -0.1) is 0 Å². The van der Waals surface area contributed by atoms with Crippen LogP contribution in [0.1, 0.15) is 24.0 Å². The Balaban J connectivity index is 1.98. The molecule has 0 unspecified atom stereocenters. The highest BCUT2D eigenvalue weighted by molar-refractivity contribution is 6.00. The van der Waals surface area contributed by atoms with E-state index >= 15 is 0 Å². The van der Waals surface area contributed by atoms with Crippen molar-refractivity contribution in [2.24, 2.45) is 5.73 Å². The Morgan fingerprint density at radius 1 is 1.26 bits per heavy atom. The predicted molar refractivity (Wildman–Crippen MR) is 110 cm³/mol. The Morgan fingerprint density at radius 2 is 2.03 bits per heavy atom. The van der Waals surface area contributed by atoms with Crippen LogP contribution in [0.4, 0.5) is 0 Å². The van der Waals surface area contributed by atoms with Crippen molar-refractivity contribution in [1.29, 1.82) is 5.26 Å². The van der Waals surface area contributed by atoms with Crippen LogP contribution in [0.25, 0.3) is 5.76 Å². The first kappa shape index (κ1) is 20.2. The molecule has 2 aliphatic heterocycles. The summed E-state index contributed by atoms with van der Waals surface area (Å²) in [6.45, 7) is 1.91. The average Bonchev–Trinajstić information content (AvgIpc) is 3.27. The van der Waals surface area contributed by atoms with Gasteiger partial charge in [-0.05, 0) is 24.6 Å². The molecule has 0 radical (unpaired) electrons. The molecule has 0 aromatic heterocycles. The third-order valence-electron chi connectivity index (χ3n) is 4.97. The van der Waals surface area contributed by atoms with Crippen LogP contribution in [-0.2, 0) is 14.3 Å². The average molecular weight is 420 g/mol. The molecule has 0 saturated heterocycles. The van der Waals surface area contributed by atoms with E-state index in [0.717, 1.165) is 0 Å². The minimum Gasteiger partial charge on any atom is -0.493 e. The van der Waals surface area contributed by atoms with E-state index in [0.29, 0.717) is 28.4 Å². The zero-order valence-electron chi connectivity index (χ0n) is 17.0. The van der Waals surface area contributed by atoms with E-state index in [4.69, 9.17) is 29.4 Å². The highest BCUT2D eigenvalue weighted by Gasteiger charge is 2.39. The zero-order chi connectivity index (χ0) is 22.0. The number of esters is 1. The summed E-state index contributed by atoms with van der Waals surface area (Å²) in [5.74, 6) is 0.00423. The van der Waals surface area contributed by atoms with Gasteiger partial charge in [0.15, 0.2) is 11.5 Å². The van der Waals surface area contributed by atoms with Crippen LogP contribution in [0.3, 0.4) is 0 Å². The molecule has 2 heterocycles. The van der Waals surface area contributed by atoms with Crippen molar-refractivity contribution in [1.82, 2.24) is 0 Å². The fraction of sp³-hybridized carbons (Fsp3) is 0.217. The second kappa shape index (κ2) is 8.32. The van der Waals surface area contributed by atoms with Crippen molar-refractivity contribution in [2.45, 2.75) is 12.8 Å². The van der Waals surface area contributed by atoms with Crippen molar-refractivity contribution >= 4 is 11.7 Å². The minimum atomic E-state index is -0.851. The summed E-state index contributed by atoms with van der Waals surface area (Å²) in [6.07, 6.45) is 0. The molecular formula is C23H20N2O6. The lowest BCUT2D eigenvalue weighted by atomic mass is 9.81. The summed E-state index contributed by atoms with van der Waals surface area (Å²) in [5.41, 5.74) is 7.56. The smallest absolute Gasteiger partial charge is 0.338 e. The molecule has 8 heteroatoms. The molecule has 2 aromatic carbocycles. The molecule has 2 aromatic rings. The van der Waals surface area contributed by atoms with Gasteiger partial charge < -0.3 is 29.4 Å². The van der Waals surface area contributed by atoms with E-state index in [2.05, 4.69) is 6.07 Å². The summed E-state index contributed by atoms with van der Waals surface area (Å²) >= 11 is 0. The second-order valence-electron chi connectivity index (χ2n) is 6.71. The molecule has 0 fully saturated rings. The number of nitrogens with two attached hydrogens (primary N) is 1. The maximum Gasteiger partial charge on any atom is 0.338 e. The first-order chi connectivity index (χ1) is 15.1. The van der Waals surface area contributed by atoms with Crippen LogP contribution in [0.15, 0.2) is 59.5 Å². The number of methoxy groups -OCH3 is 1. The number of hydrogen-bond acceptors (Lipinski definition) is 8. The lowest BCUT2D eigenvalue weighted by molar-refractivity contribution is -0.138. The number of hydrogen-bond donors (Lipinski definition) is 1. The van der Waals surface area contributed by atoms with E-state index < -0.39 is 11.9 Å². The van der Waals surface area contributed by atoms with E-state index in [9.17, 15) is 10.1 Å². The van der Waals surface area contributed by atoms with Gasteiger partial charge in [-0.25, -0.2) is 4.79 Å². The van der Waals surface area contributed by atoms with Crippen molar-refractivity contribution in [3.8, 4) is 23.3 Å². The van der Waals surface area contributed by atoms with Crippen LogP contribution in [0.5, 0.6) is 17.2 Å². The molecule has 0 spiro atoms. The number of ether oxygens (including phenoxy) is 5. The van der Waals surface area contributed by atoms with Gasteiger partial charge in [0.2, 0.25) is 18.4 Å². The highest BCUT2D eigenvalue weighted by atomic mass is 16.7. The highest BCUT2D eigenvalue weighted by Crippen LogP contribution is 2.48. The second-order valence-corrected chi connectivity index (χ2v) is 6.71. The molecule has 31 heavy (non-hydrogen) atoms. The third-order valence-corrected chi connectivity index (χ3v) is 4.97. The summed E-state index contributed by atoms with van der Waals surface area (Å²) in [6, 6.07) is 14.5. The number of rotatable bonds is 5. The maximum atomic E-state index is 13.1. The molecule has 0 bridgehead atoms. The van der Waals surface area contributed by atoms with Gasteiger partial charge >= 0.3 is 5.97 Å². The Hall–Kier alpha value is -4.12. The molecular weight excluding hydrogens is 400 g/mol. The molecule has 4 rings (SSSR count). The number of carbonyl (C=O) groups is 1. The van der Waals surface area contributed by atoms with Crippen LogP contribution in [0, 0.1) is 11.3 Å². The van der Waals surface area contributed by atoms with Crippen molar-refractivity contribution in [2.75, 3.05) is 20.5 Å². The van der Waals surface area contributed by atoms with Crippen LogP contribution < -0.4 is 19.9 Å². The van der Waals surface area contributed by atoms with Crippen molar-refractivity contribution < 1.29 is 28.5 Å². The quantitative estimate of drug-likeness (QED) is 0.734. The van der Waals surface area contributed by atoms with E-state index in [-0.39, 0.29) is 36.2 Å². The van der Waals surface area contributed by atoms with Gasteiger partial charge in [0.1, 0.15) is 17.4 Å². The van der Waals surface area contributed by atoms with Crippen molar-refractivity contribution in [3.05, 3.63) is 70.6 Å². The standard InChI is InChI=1S/C23H20N2O6/c1-3-28-23(26)19-18(14-9-16(27-2)21-17(10-14)29-12-30-21)15(11-24)22(25)31-20(19)13-7-5-4-6-8-13/h4-10,18H,3,12,25H2,1-2H3/t18-/m0/s1. The van der Waals surface area contributed by atoms with Gasteiger partial charge in [-0.2, -0.15) is 5.26 Å². The lowest BCUT2D eigenvalue weighted by Crippen LogP contribution is -2.26. The molecule has 2 N–H and O–H groups in total. The summed E-state index contributed by atoms with van der Waals surface area (Å²) in [4.78, 5) is 13.1. The van der Waals surface area contributed by atoms with Gasteiger partial charge in [0.05, 0.1) is 25.2 Å². The Kier molecular flexibility index (Phi) is 5.41. The Morgan fingerprint density at radius 3 is 2.71 bits per heavy atom. The van der Waals surface area contributed by atoms with Crippen molar-refractivity contribution in [3.63, 3.8) is 0 Å². The Labute approximate surface area is 179 Å². The first-order valence-corrected chi connectivity index (χ1v) is 9.60. The number of benzene rings is 2. The summed E-state index contributed by atoms with van der Waals surface area (Å²) in [5, 5.41) is 9.87. The molecule has 2 aliphatic rings. The topological polar surface area (TPSA) is 113 Å². The van der Waals surface area contributed by atoms with Gasteiger partial charge in [-0.1, -0.05) is 30.3 Å². The van der Waals surface area contributed by atoms with Crippen LogP contribution in [0.2, 0.25) is 0 Å². The summed E-state index contributed by atoms with van der Waals surface area (Å²) < 4.78 is 27.5. The molecule has 0 aliphatic carbocycles. The van der Waals surface area contributed by atoms with E-state index in [1.54, 1.807) is 31.2 Å². The van der Waals surface area contributed by atoms with E-state index in [1.807, 2.05) is 18.2 Å². The zero-order valence-corrected chi connectivity index (χ0v) is 17.0. The number of nitriles is 1. The van der Waals surface area contributed by atoms with Crippen LogP contribution in [-0.4, -0.2) is 26.5 Å². The van der Waals surface area contributed by atoms with Crippen LogP contribution >= 0.6 is 0 Å². The molecule has 158 valence electrons. The van der Waals surface area contributed by atoms with Gasteiger partial charge in [0, 0.05) is 5.56 Å². The monoisotopic (exact) mass is 420 g/mol. The first-order valence-electron chi connectivity index (χ1n) is 9.60. The summed E-state index contributed by atoms with van der Waals surface area (Å²) in [7, 11) is 1.50. The maximum absolute atomic E-state index is 13.1. The predicted octanol–water partition coefficient (Wildman–Crippen LogP) is 3.21. The normalized spacial score (nSPS) is 17.1. The number of carbonyl (C=O) groups excluding carboxylic acids is 1. The molecule has 0 amide bonds. The van der Waals surface area contributed by atoms with Gasteiger partial charge in [-0.3, -0.25) is 0 Å².